The number of aliphatic hydroxyl groups is 2. The van der Waals surface area contributed by atoms with Crippen molar-refractivity contribution in [1.29, 1.82) is 0 Å². The number of Topliss-reactive ketones (excluding diaryl/α,β-unsaturated/α-hetero) is 1. The zero-order valence-electron chi connectivity index (χ0n) is 51.4. The van der Waals surface area contributed by atoms with Crippen LogP contribution < -0.4 is 17.2 Å². The molecular formula is C63H112F2N6O5. The summed E-state index contributed by atoms with van der Waals surface area (Å²) in [6, 6.07) is 0. The average Bonchev–Trinajstić information content (AvgIpc) is 3.74. The molecule has 13 heteroatoms. The number of hydrogen-bond acceptors (Lipinski definition) is 11. The van der Waals surface area contributed by atoms with Gasteiger partial charge in [0.1, 0.15) is 6.10 Å². The summed E-state index contributed by atoms with van der Waals surface area (Å²) in [5, 5.41) is 19.2. The van der Waals surface area contributed by atoms with Gasteiger partial charge < -0.3 is 32.2 Å². The molecular weight excluding hydrogens is 959 g/mol. The number of terminal acetylenes is 1. The van der Waals surface area contributed by atoms with Gasteiger partial charge in [0.25, 0.3) is 0 Å². The van der Waals surface area contributed by atoms with E-state index in [1.54, 1.807) is 6.92 Å². The highest BCUT2D eigenvalue weighted by Crippen LogP contribution is 2.70. The molecule has 438 valence electrons. The lowest BCUT2D eigenvalue weighted by atomic mass is 9.40. The maximum Gasteiger partial charge on any atom is 0.306 e. The number of nitrogens with zero attached hydrogens (tertiary/aromatic N) is 3. The van der Waals surface area contributed by atoms with E-state index >= 15 is 0 Å². The van der Waals surface area contributed by atoms with E-state index in [0.29, 0.717) is 47.8 Å². The van der Waals surface area contributed by atoms with Crippen molar-refractivity contribution >= 4 is 29.9 Å². The van der Waals surface area contributed by atoms with Crippen LogP contribution in [0.1, 0.15) is 188 Å². The Morgan fingerprint density at radius 3 is 1.89 bits per heavy atom. The number of aliphatic hydroxyl groups excluding tert-OH is 2. The molecule has 10 atom stereocenters. The quantitative estimate of drug-likeness (QED) is 0.0311. The van der Waals surface area contributed by atoms with Crippen molar-refractivity contribution in [1.82, 2.24) is 0 Å². The molecule has 0 heterocycles. The highest BCUT2D eigenvalue weighted by Gasteiger charge is 2.64. The Labute approximate surface area is 463 Å². The monoisotopic (exact) mass is 1070 g/mol. The van der Waals surface area contributed by atoms with Gasteiger partial charge in [0, 0.05) is 51.2 Å². The standard InChI is InChI=1S/C41H67NO4.C8H11FN2.C4H7FN2.C3H9N.2C2H6.C2H2.CH4O/c1-13-26(5)36(42-12)37(45)41-22-19-30-29(35(41)34(25(3)4)31(43)23-41)15-16-32-39(10,27(6)17-20-40(30,32)11)21-18-28(7)46-33(44)24-38(8,9)14-2;1-6(2)7(3)11-5-8(9)4-10;1-7-3-4(5)2-6;1-2-3-4;4*1-2/h14,25-30,32,37,45H,2,13,15-24H2,1,3-12H3;4-5H,1,3,10H2,2H3;2-3H,6H2,1H3;2-4H2,1H3;2*1-2H3;1-2H;2H,1H3/b;8-4+,11-5?;4-2+,7-3?;;;;;. The molecule has 0 bridgehead atoms. The highest BCUT2D eigenvalue weighted by molar-refractivity contribution is 6.03. The minimum atomic E-state index is -0.702. The predicted molar refractivity (Wildman–Crippen MR) is 323 cm³/mol. The van der Waals surface area contributed by atoms with Gasteiger partial charge in [0.05, 0.1) is 30.7 Å². The van der Waals surface area contributed by atoms with Gasteiger partial charge in [-0.2, -0.15) is 0 Å². The molecule has 0 spiro atoms. The van der Waals surface area contributed by atoms with Crippen LogP contribution in [0.3, 0.4) is 0 Å². The lowest BCUT2D eigenvalue weighted by molar-refractivity contribution is -0.155. The van der Waals surface area contributed by atoms with E-state index < -0.39 is 23.2 Å². The molecule has 0 aromatic heterocycles. The lowest BCUT2D eigenvalue weighted by Crippen LogP contribution is -2.58. The van der Waals surface area contributed by atoms with Gasteiger partial charge in [-0.05, 0) is 147 Å². The number of aliphatic imine (C=N–C) groups is 3. The SMILES string of the molecule is C#C.C=C(C)C(=C)N=C/C(F)=C\N.C=CC(C)(C)CC(=O)OC(C)CCC1(C)C(C)CCC2(C)C3CCC4(C(O)C(=NC)C(C)CC)CC(=O)C(C(C)C)=C4C3CCC12.CC.CC.CCCN.CN=C/C(F)=C\N.CO. The summed E-state index contributed by atoms with van der Waals surface area (Å²) in [6.45, 7) is 45.9. The van der Waals surface area contributed by atoms with E-state index in [2.05, 4.69) is 110 Å². The van der Waals surface area contributed by atoms with Crippen LogP contribution in [0.25, 0.3) is 0 Å². The minimum absolute atomic E-state index is 0.110. The fourth-order valence-corrected chi connectivity index (χ4v) is 11.5. The van der Waals surface area contributed by atoms with Crippen molar-refractivity contribution in [3.05, 3.63) is 72.3 Å². The fraction of sp³-hybridized carbons (Fsp3) is 0.698. The second kappa shape index (κ2) is 39.8. The Balaban J connectivity index is -0.000000709. The van der Waals surface area contributed by atoms with Gasteiger partial charge in [-0.25, -0.2) is 8.78 Å². The third-order valence-electron chi connectivity index (χ3n) is 15.8. The van der Waals surface area contributed by atoms with E-state index in [4.69, 9.17) is 27.0 Å². The van der Waals surface area contributed by atoms with Crippen molar-refractivity contribution in [2.45, 2.75) is 200 Å². The van der Waals surface area contributed by atoms with Crippen molar-refractivity contribution in [3.8, 4) is 12.8 Å². The summed E-state index contributed by atoms with van der Waals surface area (Å²) in [4.78, 5) is 38.3. The normalized spacial score (nSPS) is 25.9. The fourth-order valence-electron chi connectivity index (χ4n) is 11.5. The Morgan fingerprint density at radius 2 is 1.47 bits per heavy atom. The second-order valence-corrected chi connectivity index (χ2v) is 21.4. The van der Waals surface area contributed by atoms with Crippen LogP contribution in [-0.4, -0.2) is 80.1 Å². The largest absolute Gasteiger partial charge is 0.463 e. The number of allylic oxidation sites excluding steroid dienone is 5. The molecule has 0 saturated heterocycles. The van der Waals surface area contributed by atoms with Gasteiger partial charge >= 0.3 is 5.97 Å². The minimum Gasteiger partial charge on any atom is -0.463 e. The van der Waals surface area contributed by atoms with E-state index in [1.165, 1.54) is 25.5 Å². The Hall–Kier alpha value is -4.51. The van der Waals surface area contributed by atoms with Crippen molar-refractivity contribution < 1.29 is 33.3 Å². The van der Waals surface area contributed by atoms with Crippen molar-refractivity contribution in [2.75, 3.05) is 27.7 Å². The van der Waals surface area contributed by atoms with Crippen LogP contribution in [0, 0.1) is 70.0 Å². The number of hydrogen-bond donors (Lipinski definition) is 5. The number of ether oxygens (including phenoxy) is 1. The first-order valence-corrected chi connectivity index (χ1v) is 27.9. The van der Waals surface area contributed by atoms with Gasteiger partial charge in [0.2, 0.25) is 0 Å². The van der Waals surface area contributed by atoms with Crippen LogP contribution >= 0.6 is 0 Å². The molecule has 0 aromatic rings. The third-order valence-corrected chi connectivity index (χ3v) is 15.8. The van der Waals surface area contributed by atoms with Gasteiger partial charge in [-0.15, -0.1) is 19.4 Å². The molecule has 0 radical (unpaired) electrons. The van der Waals surface area contributed by atoms with Gasteiger partial charge in [-0.1, -0.05) is 122 Å². The second-order valence-electron chi connectivity index (χ2n) is 21.4. The van der Waals surface area contributed by atoms with E-state index in [-0.39, 0.29) is 45.9 Å². The first-order chi connectivity index (χ1) is 35.7. The number of halogens is 2. The molecule has 3 saturated carbocycles. The predicted octanol–water partition coefficient (Wildman–Crippen LogP) is 14.2. The van der Waals surface area contributed by atoms with Crippen LogP contribution in [0.2, 0.25) is 0 Å². The Morgan fingerprint density at radius 1 is 0.947 bits per heavy atom. The maximum absolute atomic E-state index is 13.9. The molecule has 11 nitrogen and oxygen atoms in total. The summed E-state index contributed by atoms with van der Waals surface area (Å²) in [6.07, 6.45) is 24.1. The summed E-state index contributed by atoms with van der Waals surface area (Å²) in [7, 11) is 4.29. The number of fused-ring (bicyclic) bond motifs is 5. The number of ketones is 1. The van der Waals surface area contributed by atoms with Crippen molar-refractivity contribution in [2.24, 2.45) is 89.3 Å². The van der Waals surface area contributed by atoms with E-state index in [0.717, 1.165) is 101 Å². The molecule has 0 amide bonds. The zero-order valence-corrected chi connectivity index (χ0v) is 51.4. The summed E-state index contributed by atoms with van der Waals surface area (Å²) < 4.78 is 29.9. The van der Waals surface area contributed by atoms with E-state index in [1.807, 2.05) is 54.7 Å². The Bertz CT molecular complexity index is 1950. The van der Waals surface area contributed by atoms with Crippen LogP contribution in [-0.2, 0) is 14.3 Å². The first-order valence-electron chi connectivity index (χ1n) is 27.9. The molecule has 0 aromatic carbocycles. The number of esters is 1. The Kier molecular flexibility index (Phi) is 40.8. The first kappa shape index (κ1) is 78.0. The number of rotatable bonds is 17. The average molecular weight is 1070 g/mol. The molecule has 3 fully saturated rings. The summed E-state index contributed by atoms with van der Waals surface area (Å²) in [5.41, 5.74) is 18.5. The molecule has 4 aliphatic carbocycles. The summed E-state index contributed by atoms with van der Waals surface area (Å²) in [5.74, 6) is 1.41. The summed E-state index contributed by atoms with van der Waals surface area (Å²) >= 11 is 0. The topological polar surface area (TPSA) is 199 Å². The molecule has 0 aliphatic heterocycles. The molecule has 4 rings (SSSR count). The van der Waals surface area contributed by atoms with Crippen LogP contribution in [0.5, 0.6) is 0 Å². The molecule has 76 heavy (non-hydrogen) atoms. The van der Waals surface area contributed by atoms with Crippen LogP contribution in [0.15, 0.2) is 87.3 Å². The highest BCUT2D eigenvalue weighted by atomic mass is 19.1. The van der Waals surface area contributed by atoms with Crippen LogP contribution in [0.4, 0.5) is 8.78 Å². The molecule has 4 aliphatic rings. The third kappa shape index (κ3) is 22.5. The lowest BCUT2D eigenvalue weighted by Gasteiger charge is -2.65. The number of carbonyl (C=O) groups excluding carboxylic acids is 2. The maximum atomic E-state index is 13.9. The number of carbonyl (C=O) groups is 2. The zero-order chi connectivity index (χ0) is 60.4. The smallest absolute Gasteiger partial charge is 0.306 e. The molecule has 8 N–H and O–H groups in total. The number of nitrogens with two attached hydrogens (primary N) is 3. The van der Waals surface area contributed by atoms with E-state index in [9.17, 15) is 23.5 Å². The van der Waals surface area contributed by atoms with Gasteiger partial charge in [-0.3, -0.25) is 24.6 Å². The molecule has 10 unspecified atom stereocenters. The van der Waals surface area contributed by atoms with Crippen molar-refractivity contribution in [3.63, 3.8) is 0 Å². The van der Waals surface area contributed by atoms with Gasteiger partial charge in [0.15, 0.2) is 17.4 Å².